The van der Waals surface area contributed by atoms with Gasteiger partial charge in [-0.3, -0.25) is 0 Å². The molecule has 82 valence electrons. The van der Waals surface area contributed by atoms with Crippen LogP contribution in [0.3, 0.4) is 0 Å². The van der Waals surface area contributed by atoms with E-state index in [9.17, 15) is 13.2 Å². The van der Waals surface area contributed by atoms with Gasteiger partial charge in [-0.05, 0) is 18.2 Å². The van der Waals surface area contributed by atoms with Crippen molar-refractivity contribution in [3.8, 4) is 11.1 Å². The van der Waals surface area contributed by atoms with Crippen LogP contribution in [0.15, 0.2) is 30.5 Å². The van der Waals surface area contributed by atoms with Crippen LogP contribution < -0.4 is 0 Å². The molecule has 0 aliphatic rings. The topological polar surface area (TPSA) is 12.9 Å². The number of aromatic nitrogens is 1. The minimum absolute atomic E-state index is 0.0418. The van der Waals surface area contributed by atoms with E-state index in [1.807, 2.05) is 0 Å². The molecule has 2 rings (SSSR count). The zero-order chi connectivity index (χ0) is 11.7. The summed E-state index contributed by atoms with van der Waals surface area (Å²) in [5.41, 5.74) is -0.0966. The smallest absolute Gasteiger partial charge is 0.149 e. The fourth-order valence-corrected chi connectivity index (χ4v) is 1.49. The Morgan fingerprint density at radius 1 is 0.938 bits per heavy atom. The van der Waals surface area contributed by atoms with Crippen LogP contribution in [-0.2, 0) is 0 Å². The zero-order valence-electron chi connectivity index (χ0n) is 7.85. The van der Waals surface area contributed by atoms with Crippen LogP contribution in [0.1, 0.15) is 0 Å². The molecular formula is C11H5ClF3N. The largest absolute Gasteiger partial charge is 0.241 e. The van der Waals surface area contributed by atoms with Crippen molar-refractivity contribution in [1.82, 2.24) is 4.98 Å². The molecule has 0 bridgehead atoms. The van der Waals surface area contributed by atoms with Gasteiger partial charge in [-0.1, -0.05) is 11.6 Å². The van der Waals surface area contributed by atoms with Crippen molar-refractivity contribution in [3.63, 3.8) is 0 Å². The van der Waals surface area contributed by atoms with Crippen molar-refractivity contribution >= 4 is 11.6 Å². The number of nitrogens with zero attached hydrogens (tertiary/aromatic N) is 1. The fraction of sp³-hybridized carbons (Fsp3) is 0. The lowest BCUT2D eigenvalue weighted by molar-refractivity contribution is 0.582. The van der Waals surface area contributed by atoms with Crippen LogP contribution >= 0.6 is 11.6 Å². The molecule has 1 nitrogen and oxygen atoms in total. The average Bonchev–Trinajstić information content (AvgIpc) is 2.22. The van der Waals surface area contributed by atoms with Crippen LogP contribution in [0.5, 0.6) is 0 Å². The molecule has 0 amide bonds. The van der Waals surface area contributed by atoms with Gasteiger partial charge in [0.15, 0.2) is 0 Å². The van der Waals surface area contributed by atoms with Gasteiger partial charge in [0.05, 0.1) is 6.20 Å². The molecule has 0 aliphatic carbocycles. The Bertz CT molecular complexity index is 543. The summed E-state index contributed by atoms with van der Waals surface area (Å²) in [6, 6.07) is 4.07. The van der Waals surface area contributed by atoms with E-state index in [-0.39, 0.29) is 16.3 Å². The van der Waals surface area contributed by atoms with E-state index in [2.05, 4.69) is 4.98 Å². The van der Waals surface area contributed by atoms with E-state index in [1.54, 1.807) is 0 Å². The lowest BCUT2D eigenvalue weighted by Crippen LogP contribution is -1.91. The first kappa shape index (κ1) is 11.0. The Kier molecular flexibility index (Phi) is 2.83. The molecular weight excluding hydrogens is 239 g/mol. The Labute approximate surface area is 94.5 Å². The molecule has 0 unspecified atom stereocenters. The van der Waals surface area contributed by atoms with Crippen molar-refractivity contribution in [3.05, 3.63) is 53.1 Å². The highest BCUT2D eigenvalue weighted by molar-refractivity contribution is 6.29. The van der Waals surface area contributed by atoms with Crippen LogP contribution in [-0.4, -0.2) is 4.98 Å². The summed E-state index contributed by atoms with van der Waals surface area (Å²) in [4.78, 5) is 3.51. The normalized spacial score (nSPS) is 10.5. The molecule has 0 saturated heterocycles. The van der Waals surface area contributed by atoms with Gasteiger partial charge in [-0.25, -0.2) is 18.2 Å². The van der Waals surface area contributed by atoms with Crippen molar-refractivity contribution in [2.45, 2.75) is 0 Å². The lowest BCUT2D eigenvalue weighted by atomic mass is 10.1. The van der Waals surface area contributed by atoms with Gasteiger partial charge in [-0.2, -0.15) is 0 Å². The van der Waals surface area contributed by atoms with Gasteiger partial charge in [0, 0.05) is 17.2 Å². The third-order valence-electron chi connectivity index (χ3n) is 2.04. The minimum atomic E-state index is -0.846. The maximum atomic E-state index is 13.4. The summed E-state index contributed by atoms with van der Waals surface area (Å²) in [5, 5.41) is 0.0418. The fourth-order valence-electron chi connectivity index (χ4n) is 1.33. The molecule has 0 fully saturated rings. The maximum absolute atomic E-state index is 13.4. The van der Waals surface area contributed by atoms with Gasteiger partial charge in [0.1, 0.15) is 22.6 Å². The highest BCUT2D eigenvalue weighted by atomic mass is 35.5. The Morgan fingerprint density at radius 3 is 2.38 bits per heavy atom. The van der Waals surface area contributed by atoms with E-state index >= 15 is 0 Å². The van der Waals surface area contributed by atoms with Crippen molar-refractivity contribution in [2.75, 3.05) is 0 Å². The predicted molar refractivity (Wildman–Crippen MR) is 54.6 cm³/mol. The summed E-state index contributed by atoms with van der Waals surface area (Å²) >= 11 is 5.58. The van der Waals surface area contributed by atoms with E-state index in [4.69, 9.17) is 11.6 Å². The third kappa shape index (κ3) is 2.02. The minimum Gasteiger partial charge on any atom is -0.241 e. The number of rotatable bonds is 1. The van der Waals surface area contributed by atoms with Crippen molar-refractivity contribution in [2.24, 2.45) is 0 Å². The molecule has 0 aliphatic heterocycles. The zero-order valence-corrected chi connectivity index (χ0v) is 8.60. The number of hydrogen-bond donors (Lipinski definition) is 0. The van der Waals surface area contributed by atoms with Crippen LogP contribution in [0.2, 0.25) is 5.15 Å². The van der Waals surface area contributed by atoms with Gasteiger partial charge in [-0.15, -0.1) is 0 Å². The monoisotopic (exact) mass is 243 g/mol. The molecule has 1 heterocycles. The first-order valence-electron chi connectivity index (χ1n) is 4.34. The first-order valence-corrected chi connectivity index (χ1v) is 4.72. The van der Waals surface area contributed by atoms with Crippen LogP contribution in [0, 0.1) is 17.5 Å². The first-order chi connectivity index (χ1) is 7.58. The number of benzene rings is 1. The van der Waals surface area contributed by atoms with Gasteiger partial charge < -0.3 is 0 Å². The van der Waals surface area contributed by atoms with E-state index < -0.39 is 17.5 Å². The maximum Gasteiger partial charge on any atom is 0.149 e. The SMILES string of the molecule is Fc1ccc(-c2cc(Cl)ncc2F)c(F)c1. The highest BCUT2D eigenvalue weighted by Crippen LogP contribution is 2.27. The summed E-state index contributed by atoms with van der Waals surface area (Å²) in [5.74, 6) is -2.28. The molecule has 2 aromatic rings. The van der Waals surface area contributed by atoms with Gasteiger partial charge >= 0.3 is 0 Å². The molecule has 0 atom stereocenters. The van der Waals surface area contributed by atoms with Crippen LogP contribution in [0.4, 0.5) is 13.2 Å². The molecule has 16 heavy (non-hydrogen) atoms. The number of hydrogen-bond acceptors (Lipinski definition) is 1. The van der Waals surface area contributed by atoms with Crippen LogP contribution in [0.25, 0.3) is 11.1 Å². The predicted octanol–water partition coefficient (Wildman–Crippen LogP) is 3.82. The highest BCUT2D eigenvalue weighted by Gasteiger charge is 2.11. The molecule has 1 aromatic heterocycles. The second-order valence-corrected chi connectivity index (χ2v) is 3.50. The lowest BCUT2D eigenvalue weighted by Gasteiger charge is -2.05. The van der Waals surface area contributed by atoms with Gasteiger partial charge in [0.2, 0.25) is 0 Å². The van der Waals surface area contributed by atoms with Gasteiger partial charge in [0.25, 0.3) is 0 Å². The summed E-state index contributed by atoms with van der Waals surface area (Å²) < 4.78 is 39.4. The summed E-state index contributed by atoms with van der Waals surface area (Å²) in [6.07, 6.45) is 0.889. The molecule has 5 heteroatoms. The molecule has 1 aromatic carbocycles. The Morgan fingerprint density at radius 2 is 1.69 bits per heavy atom. The molecule has 0 N–H and O–H groups in total. The third-order valence-corrected chi connectivity index (χ3v) is 2.25. The number of halogens is 4. The second kappa shape index (κ2) is 4.14. The van der Waals surface area contributed by atoms with E-state index in [0.717, 1.165) is 18.3 Å². The Hall–Kier alpha value is -1.55. The Balaban J connectivity index is 2.62. The summed E-state index contributed by atoms with van der Waals surface area (Å²) in [7, 11) is 0. The second-order valence-electron chi connectivity index (χ2n) is 3.11. The average molecular weight is 244 g/mol. The standard InChI is InChI=1S/C11H5ClF3N/c12-11-4-8(10(15)5-16-11)7-2-1-6(13)3-9(7)14/h1-5H. The van der Waals surface area contributed by atoms with E-state index in [0.29, 0.717) is 6.07 Å². The molecule has 0 spiro atoms. The molecule has 0 radical (unpaired) electrons. The van der Waals surface area contributed by atoms with Crippen molar-refractivity contribution in [1.29, 1.82) is 0 Å². The molecule has 0 saturated carbocycles. The van der Waals surface area contributed by atoms with E-state index in [1.165, 1.54) is 6.07 Å². The van der Waals surface area contributed by atoms with Crippen molar-refractivity contribution < 1.29 is 13.2 Å². The quantitative estimate of drug-likeness (QED) is 0.694. The number of pyridine rings is 1. The summed E-state index contributed by atoms with van der Waals surface area (Å²) in [6.45, 7) is 0.